The van der Waals surface area contributed by atoms with Crippen LogP contribution in [0, 0.1) is 0 Å². The highest BCUT2D eigenvalue weighted by molar-refractivity contribution is 5.73. The van der Waals surface area contributed by atoms with E-state index >= 15 is 0 Å². The van der Waals surface area contributed by atoms with E-state index in [0.717, 1.165) is 52.1 Å². The summed E-state index contributed by atoms with van der Waals surface area (Å²) in [5.74, 6) is -8.27. The molecular weight excluding hydrogens is 655 g/mol. The van der Waals surface area contributed by atoms with Crippen LogP contribution < -0.4 is 0 Å². The van der Waals surface area contributed by atoms with E-state index in [9.17, 15) is 39.5 Å². The number of nitrogens with zero attached hydrogens (tertiary/aromatic N) is 4. The maximum absolute atomic E-state index is 10.6. The van der Waals surface area contributed by atoms with Crippen LogP contribution in [-0.2, 0) is 36.9 Å². The minimum Gasteiger partial charge on any atom is -0.475 e. The standard InChI is InChI=1S/C19H26N4O2.3C2HF3O2/c1-7-21-23(10-1)11-2-13-24-18-4-3-17-19(18)25-14-12-22(17)15-16-5-8-20-9-6-16;3*3-2(4,5)1(6)7/h1,5-10,17-19H,2-4,11-15H2;3*(H,6,7)/t17-,18+,19+;;;/m0.../s1. The summed E-state index contributed by atoms with van der Waals surface area (Å²) in [4.78, 5) is 33.3. The van der Waals surface area contributed by atoms with Crippen molar-refractivity contribution >= 4 is 17.9 Å². The number of rotatable bonds is 7. The highest BCUT2D eigenvalue weighted by atomic mass is 19.4. The molecule has 0 amide bonds. The fourth-order valence-electron chi connectivity index (χ4n) is 3.98. The van der Waals surface area contributed by atoms with Gasteiger partial charge in [-0.05, 0) is 43.0 Å². The average molecular weight is 685 g/mol. The Morgan fingerprint density at radius 2 is 1.39 bits per heavy atom. The molecule has 2 fully saturated rings. The van der Waals surface area contributed by atoms with E-state index in [-0.39, 0.29) is 12.2 Å². The Bertz CT molecular complexity index is 1140. The Morgan fingerprint density at radius 3 is 1.85 bits per heavy atom. The van der Waals surface area contributed by atoms with Crippen LogP contribution in [0.3, 0.4) is 0 Å². The summed E-state index contributed by atoms with van der Waals surface area (Å²) in [5, 5.41) is 25.6. The molecule has 2 aromatic rings. The lowest BCUT2D eigenvalue weighted by Crippen LogP contribution is -2.51. The van der Waals surface area contributed by atoms with Crippen LogP contribution in [0.15, 0.2) is 43.0 Å². The predicted molar refractivity (Wildman–Crippen MR) is 135 cm³/mol. The molecule has 46 heavy (non-hydrogen) atoms. The Kier molecular flexibility index (Phi) is 15.9. The number of pyridine rings is 1. The molecule has 1 aliphatic heterocycles. The number of carboxylic acid groups (broad SMARTS) is 3. The summed E-state index contributed by atoms with van der Waals surface area (Å²) in [7, 11) is 0. The number of ether oxygens (including phenoxy) is 2. The number of hydrogen-bond donors (Lipinski definition) is 3. The number of carbonyl (C=O) groups is 3. The first kappa shape index (κ1) is 40.0. The Balaban J connectivity index is 0.000000413. The summed E-state index contributed by atoms with van der Waals surface area (Å²) in [6.45, 7) is 4.43. The fraction of sp³-hybridized carbons (Fsp3) is 0.560. The van der Waals surface area contributed by atoms with Crippen molar-refractivity contribution in [3.8, 4) is 0 Å². The Morgan fingerprint density at radius 1 is 0.870 bits per heavy atom. The van der Waals surface area contributed by atoms with E-state index in [0.29, 0.717) is 6.04 Å². The molecule has 0 bridgehead atoms. The van der Waals surface area contributed by atoms with Crippen LogP contribution in [0.1, 0.15) is 24.8 Å². The number of alkyl halides is 9. The normalized spacial score (nSPS) is 19.6. The molecule has 4 rings (SSSR count). The van der Waals surface area contributed by atoms with Gasteiger partial charge in [0.15, 0.2) is 0 Å². The molecule has 1 aliphatic carbocycles. The third-order valence-corrected chi connectivity index (χ3v) is 5.94. The molecule has 1 saturated heterocycles. The van der Waals surface area contributed by atoms with Gasteiger partial charge in [0.05, 0.1) is 18.8 Å². The van der Waals surface area contributed by atoms with E-state index in [1.54, 1.807) is 0 Å². The summed E-state index contributed by atoms with van der Waals surface area (Å²) in [5.41, 5.74) is 1.32. The zero-order valence-corrected chi connectivity index (χ0v) is 23.5. The van der Waals surface area contributed by atoms with E-state index in [1.165, 1.54) is 5.56 Å². The molecule has 3 N–H and O–H groups in total. The third kappa shape index (κ3) is 15.3. The average Bonchev–Trinajstić information content (AvgIpc) is 3.62. The predicted octanol–water partition coefficient (Wildman–Crippen LogP) is 4.02. The van der Waals surface area contributed by atoms with Crippen molar-refractivity contribution < 1.29 is 78.7 Å². The summed E-state index contributed by atoms with van der Waals surface area (Å²) in [6.07, 6.45) is -4.05. The maximum atomic E-state index is 10.6. The van der Waals surface area contributed by atoms with E-state index in [4.69, 9.17) is 39.2 Å². The number of fused-ring (bicyclic) bond motifs is 1. The molecule has 0 radical (unpaired) electrons. The SMILES string of the molecule is O=C(O)C(F)(F)F.O=C(O)C(F)(F)F.O=C(O)C(F)(F)F.c1cnn(CCCO[C@@H]2CC[C@H]3[C@H]2OCCN3Cc2ccncc2)c1. The van der Waals surface area contributed by atoms with Crippen LogP contribution in [0.2, 0.25) is 0 Å². The lowest BCUT2D eigenvalue weighted by molar-refractivity contribution is -0.193. The Hall–Kier alpha value is -3.98. The number of aliphatic carboxylic acids is 3. The number of carboxylic acids is 3. The van der Waals surface area contributed by atoms with Crippen LogP contribution in [0.5, 0.6) is 0 Å². The zero-order valence-electron chi connectivity index (χ0n) is 23.5. The maximum Gasteiger partial charge on any atom is 0.490 e. The molecule has 2 aliphatic rings. The van der Waals surface area contributed by atoms with Gasteiger partial charge in [-0.25, -0.2) is 14.4 Å². The number of aryl methyl sites for hydroxylation is 1. The summed E-state index contributed by atoms with van der Waals surface area (Å²) in [6, 6.07) is 6.62. The highest BCUT2D eigenvalue weighted by Gasteiger charge is 2.43. The molecule has 2 aromatic heterocycles. The van der Waals surface area contributed by atoms with Crippen molar-refractivity contribution in [3.63, 3.8) is 0 Å². The molecular formula is C25H29F9N4O8. The second-order valence-electron chi connectivity index (χ2n) is 9.25. The molecule has 0 spiro atoms. The van der Waals surface area contributed by atoms with Gasteiger partial charge >= 0.3 is 36.4 Å². The molecule has 260 valence electrons. The first-order chi connectivity index (χ1) is 21.2. The van der Waals surface area contributed by atoms with E-state index < -0.39 is 36.4 Å². The molecule has 0 aromatic carbocycles. The van der Waals surface area contributed by atoms with Crippen LogP contribution >= 0.6 is 0 Å². The van der Waals surface area contributed by atoms with Crippen molar-refractivity contribution in [2.75, 3.05) is 19.8 Å². The van der Waals surface area contributed by atoms with Gasteiger partial charge in [0, 0.05) is 57.1 Å². The van der Waals surface area contributed by atoms with Crippen molar-refractivity contribution in [1.82, 2.24) is 19.7 Å². The molecule has 21 heteroatoms. The lowest BCUT2D eigenvalue weighted by Gasteiger charge is -2.39. The number of halogens is 9. The van der Waals surface area contributed by atoms with Crippen molar-refractivity contribution in [2.45, 2.75) is 69.1 Å². The van der Waals surface area contributed by atoms with Gasteiger partial charge in [0.2, 0.25) is 0 Å². The molecule has 3 atom stereocenters. The van der Waals surface area contributed by atoms with Crippen LogP contribution in [0.4, 0.5) is 39.5 Å². The first-order valence-corrected chi connectivity index (χ1v) is 13.0. The van der Waals surface area contributed by atoms with Gasteiger partial charge in [-0.1, -0.05) is 0 Å². The fourth-order valence-corrected chi connectivity index (χ4v) is 3.98. The molecule has 1 saturated carbocycles. The van der Waals surface area contributed by atoms with Crippen molar-refractivity contribution in [1.29, 1.82) is 0 Å². The number of hydrogen-bond acceptors (Lipinski definition) is 8. The summed E-state index contributed by atoms with van der Waals surface area (Å²) < 4.78 is 109. The van der Waals surface area contributed by atoms with Gasteiger partial charge in [-0.15, -0.1) is 0 Å². The Labute approximate surface area is 254 Å². The smallest absolute Gasteiger partial charge is 0.475 e. The van der Waals surface area contributed by atoms with E-state index in [2.05, 4.69) is 27.1 Å². The minimum atomic E-state index is -5.08. The van der Waals surface area contributed by atoms with Gasteiger partial charge in [0.25, 0.3) is 0 Å². The van der Waals surface area contributed by atoms with Crippen LogP contribution in [-0.4, -0.2) is 109 Å². The zero-order chi connectivity index (χ0) is 35.1. The second kappa shape index (κ2) is 18.2. The molecule has 3 heterocycles. The van der Waals surface area contributed by atoms with Gasteiger partial charge in [0.1, 0.15) is 0 Å². The molecule has 0 unspecified atom stereocenters. The topological polar surface area (TPSA) is 164 Å². The highest BCUT2D eigenvalue weighted by Crippen LogP contribution is 2.33. The number of morpholine rings is 1. The minimum absolute atomic E-state index is 0.209. The van der Waals surface area contributed by atoms with Crippen molar-refractivity contribution in [2.24, 2.45) is 0 Å². The second-order valence-corrected chi connectivity index (χ2v) is 9.25. The van der Waals surface area contributed by atoms with E-state index in [1.807, 2.05) is 35.5 Å². The quantitative estimate of drug-likeness (QED) is 0.285. The lowest BCUT2D eigenvalue weighted by atomic mass is 10.1. The monoisotopic (exact) mass is 684 g/mol. The van der Waals surface area contributed by atoms with Crippen LogP contribution in [0.25, 0.3) is 0 Å². The first-order valence-electron chi connectivity index (χ1n) is 13.0. The van der Waals surface area contributed by atoms with Crippen molar-refractivity contribution in [3.05, 3.63) is 48.5 Å². The van der Waals surface area contributed by atoms with Gasteiger partial charge in [-0.3, -0.25) is 14.6 Å². The summed E-state index contributed by atoms with van der Waals surface area (Å²) >= 11 is 0. The number of aromatic nitrogens is 3. The molecule has 12 nitrogen and oxygen atoms in total. The largest absolute Gasteiger partial charge is 0.490 e. The third-order valence-electron chi connectivity index (χ3n) is 5.94. The van der Waals surface area contributed by atoms with Gasteiger partial charge < -0.3 is 24.8 Å². The van der Waals surface area contributed by atoms with Gasteiger partial charge in [-0.2, -0.15) is 44.6 Å².